The second-order valence-corrected chi connectivity index (χ2v) is 11.7. The van der Waals surface area contributed by atoms with Crippen molar-refractivity contribution in [2.45, 2.75) is 65.7 Å². The highest BCUT2D eigenvalue weighted by Gasteiger charge is 2.37. The van der Waals surface area contributed by atoms with E-state index in [1.807, 2.05) is 18.2 Å². The van der Waals surface area contributed by atoms with Crippen LogP contribution in [0.4, 0.5) is 13.2 Å². The molecule has 1 aromatic heterocycles. The van der Waals surface area contributed by atoms with Gasteiger partial charge in [0.2, 0.25) is 5.76 Å². The number of nitro groups is 1. The van der Waals surface area contributed by atoms with Crippen molar-refractivity contribution in [3.8, 4) is 11.1 Å². The molecule has 0 bridgehead atoms. The summed E-state index contributed by atoms with van der Waals surface area (Å²) in [5.41, 5.74) is 2.68. The third-order valence-electron chi connectivity index (χ3n) is 8.04. The molecular formula is C33H33F3N2O6. The standard InChI is InChI=1S/C33H33F3N2O6/c1-19-15-20(2)29(38(42)43)21(3)28(19)30(39)37(18-26-13-14-27(44-26)33(34,35)36)17-22-9-11-23(12-10-22)24-7-6-8-25(16-24)32(4,5)31(40)41/h6-14,16,19H,15,17-18H2,1-5H3,(H,40,41). The van der Waals surface area contributed by atoms with E-state index in [1.165, 1.54) is 11.8 Å². The minimum absolute atomic E-state index is 0.00670. The van der Waals surface area contributed by atoms with Crippen LogP contribution in [0, 0.1) is 16.0 Å². The molecule has 0 fully saturated rings. The highest BCUT2D eigenvalue weighted by molar-refractivity contribution is 5.95. The Kier molecular flexibility index (Phi) is 8.90. The zero-order chi connectivity index (χ0) is 32.6. The number of furan rings is 1. The smallest absolute Gasteiger partial charge is 0.449 e. The number of nitrogens with zero attached hydrogens (tertiary/aromatic N) is 2. The van der Waals surface area contributed by atoms with Crippen LogP contribution >= 0.6 is 0 Å². The Morgan fingerprint density at radius 3 is 2.25 bits per heavy atom. The molecule has 1 atom stereocenters. The molecule has 0 radical (unpaired) electrons. The number of amides is 1. The van der Waals surface area contributed by atoms with Crippen LogP contribution < -0.4 is 0 Å². The Morgan fingerprint density at radius 2 is 1.68 bits per heavy atom. The highest BCUT2D eigenvalue weighted by Crippen LogP contribution is 2.37. The van der Waals surface area contributed by atoms with Gasteiger partial charge < -0.3 is 14.4 Å². The first-order valence-electron chi connectivity index (χ1n) is 13.9. The van der Waals surface area contributed by atoms with Gasteiger partial charge in [0.1, 0.15) is 5.76 Å². The average molecular weight is 611 g/mol. The first-order valence-corrected chi connectivity index (χ1v) is 13.9. The zero-order valence-electron chi connectivity index (χ0n) is 25.0. The molecule has 1 N–H and O–H groups in total. The predicted octanol–water partition coefficient (Wildman–Crippen LogP) is 7.76. The van der Waals surface area contributed by atoms with Gasteiger partial charge in [-0.15, -0.1) is 0 Å². The molecule has 1 heterocycles. The van der Waals surface area contributed by atoms with Gasteiger partial charge in [-0.25, -0.2) is 0 Å². The van der Waals surface area contributed by atoms with E-state index in [1.54, 1.807) is 58.0 Å². The lowest BCUT2D eigenvalue weighted by atomic mass is 9.82. The fourth-order valence-electron chi connectivity index (χ4n) is 5.55. The van der Waals surface area contributed by atoms with Gasteiger partial charge in [-0.3, -0.25) is 19.7 Å². The summed E-state index contributed by atoms with van der Waals surface area (Å²) in [5, 5.41) is 21.4. The Balaban J connectivity index is 1.68. The molecule has 1 aliphatic rings. The van der Waals surface area contributed by atoms with Gasteiger partial charge in [-0.2, -0.15) is 13.2 Å². The summed E-state index contributed by atoms with van der Waals surface area (Å²) in [5.74, 6) is -3.10. The van der Waals surface area contributed by atoms with Crippen LogP contribution in [-0.2, 0) is 34.3 Å². The van der Waals surface area contributed by atoms with E-state index >= 15 is 0 Å². The number of halogens is 3. The van der Waals surface area contributed by atoms with Crippen molar-refractivity contribution in [3.63, 3.8) is 0 Å². The molecule has 1 unspecified atom stereocenters. The number of carboxylic acid groups (broad SMARTS) is 1. The number of carboxylic acids is 1. The van der Waals surface area contributed by atoms with Crippen LogP contribution in [-0.4, -0.2) is 26.8 Å². The van der Waals surface area contributed by atoms with E-state index in [0.29, 0.717) is 23.1 Å². The molecule has 2 aromatic carbocycles. The fourth-order valence-corrected chi connectivity index (χ4v) is 5.55. The van der Waals surface area contributed by atoms with Crippen molar-refractivity contribution in [2.24, 2.45) is 5.92 Å². The quantitative estimate of drug-likeness (QED) is 0.196. The van der Waals surface area contributed by atoms with Crippen LogP contribution in [0.15, 0.2) is 87.5 Å². The van der Waals surface area contributed by atoms with Gasteiger partial charge in [-0.05, 0) is 74.4 Å². The van der Waals surface area contributed by atoms with Crippen molar-refractivity contribution < 1.29 is 37.2 Å². The van der Waals surface area contributed by atoms with Crippen molar-refractivity contribution >= 4 is 11.9 Å². The van der Waals surface area contributed by atoms with E-state index in [-0.39, 0.29) is 41.6 Å². The van der Waals surface area contributed by atoms with Crippen molar-refractivity contribution in [1.82, 2.24) is 4.90 Å². The van der Waals surface area contributed by atoms with Gasteiger partial charge >= 0.3 is 12.1 Å². The largest absolute Gasteiger partial charge is 0.481 e. The van der Waals surface area contributed by atoms with Gasteiger partial charge in [0.05, 0.1) is 16.9 Å². The van der Waals surface area contributed by atoms with E-state index in [0.717, 1.165) is 23.3 Å². The number of aliphatic carboxylic acids is 1. The van der Waals surface area contributed by atoms with Gasteiger partial charge in [0.25, 0.3) is 11.6 Å². The van der Waals surface area contributed by atoms with Gasteiger partial charge in [0.15, 0.2) is 0 Å². The number of carbonyl (C=O) groups is 2. The molecule has 8 nitrogen and oxygen atoms in total. The molecule has 0 saturated carbocycles. The molecule has 0 spiro atoms. The summed E-state index contributed by atoms with van der Waals surface area (Å²) in [7, 11) is 0. The Hall–Kier alpha value is -4.67. The third-order valence-corrected chi connectivity index (χ3v) is 8.04. The third kappa shape index (κ3) is 6.61. The van der Waals surface area contributed by atoms with Crippen molar-refractivity contribution in [2.75, 3.05) is 0 Å². The van der Waals surface area contributed by atoms with E-state index < -0.39 is 34.2 Å². The Labute approximate surface area is 252 Å². The van der Waals surface area contributed by atoms with Gasteiger partial charge in [0, 0.05) is 23.3 Å². The molecule has 44 heavy (non-hydrogen) atoms. The Bertz CT molecular complexity index is 1660. The number of hydrogen-bond donors (Lipinski definition) is 1. The monoisotopic (exact) mass is 610 g/mol. The second-order valence-electron chi connectivity index (χ2n) is 11.7. The van der Waals surface area contributed by atoms with Crippen LogP contribution in [0.1, 0.15) is 63.7 Å². The first kappa shape index (κ1) is 32.2. The number of carbonyl (C=O) groups excluding carboxylic acids is 1. The molecular weight excluding hydrogens is 577 g/mol. The SMILES string of the molecule is CC1=C([N+](=O)[O-])C(C)=C(C(=O)N(Cc2ccc(-c3cccc(C(C)(C)C(=O)O)c3)cc2)Cc2ccc(C(F)(F)F)o2)C(C)C1. The first-order chi connectivity index (χ1) is 20.5. The van der Waals surface area contributed by atoms with Gasteiger partial charge in [-0.1, -0.05) is 55.5 Å². The average Bonchev–Trinajstić information content (AvgIpc) is 3.42. The Morgan fingerprint density at radius 1 is 1.02 bits per heavy atom. The molecule has 232 valence electrons. The second kappa shape index (κ2) is 12.1. The van der Waals surface area contributed by atoms with Crippen LogP contribution in [0.25, 0.3) is 11.1 Å². The number of rotatable bonds is 9. The maximum Gasteiger partial charge on any atom is 0.449 e. The molecule has 1 aliphatic carbocycles. The maximum absolute atomic E-state index is 14.0. The van der Waals surface area contributed by atoms with Crippen molar-refractivity contribution in [3.05, 3.63) is 116 Å². The lowest BCUT2D eigenvalue weighted by Gasteiger charge is -2.29. The summed E-state index contributed by atoms with van der Waals surface area (Å²) < 4.78 is 44.7. The zero-order valence-corrected chi connectivity index (χ0v) is 25.0. The summed E-state index contributed by atoms with van der Waals surface area (Å²) in [6.45, 7) is 7.91. The molecule has 0 saturated heterocycles. The van der Waals surface area contributed by atoms with E-state index in [9.17, 15) is 38.0 Å². The summed E-state index contributed by atoms with van der Waals surface area (Å²) in [6, 6.07) is 16.3. The van der Waals surface area contributed by atoms with Crippen LogP contribution in [0.5, 0.6) is 0 Å². The number of benzene rings is 2. The van der Waals surface area contributed by atoms with Crippen LogP contribution in [0.2, 0.25) is 0 Å². The van der Waals surface area contributed by atoms with E-state index in [4.69, 9.17) is 4.42 Å². The summed E-state index contributed by atoms with van der Waals surface area (Å²) in [6.07, 6.45) is -4.40. The maximum atomic E-state index is 14.0. The molecule has 4 rings (SSSR count). The molecule has 3 aromatic rings. The number of allylic oxidation sites excluding steroid dienone is 2. The lowest BCUT2D eigenvalue weighted by Crippen LogP contribution is -2.35. The molecule has 1 amide bonds. The lowest BCUT2D eigenvalue weighted by molar-refractivity contribution is -0.422. The summed E-state index contributed by atoms with van der Waals surface area (Å²) >= 11 is 0. The normalized spacial score (nSPS) is 15.9. The minimum Gasteiger partial charge on any atom is -0.481 e. The molecule has 0 aliphatic heterocycles. The fraction of sp³-hybridized carbons (Fsp3) is 0.333. The predicted molar refractivity (Wildman–Crippen MR) is 157 cm³/mol. The minimum atomic E-state index is -4.69. The summed E-state index contributed by atoms with van der Waals surface area (Å²) in [4.78, 5) is 38.3. The molecule has 11 heteroatoms. The topological polar surface area (TPSA) is 114 Å². The highest BCUT2D eigenvalue weighted by atomic mass is 19.4. The van der Waals surface area contributed by atoms with Crippen molar-refractivity contribution in [1.29, 1.82) is 0 Å². The van der Waals surface area contributed by atoms with Crippen LogP contribution in [0.3, 0.4) is 0 Å². The van der Waals surface area contributed by atoms with E-state index in [2.05, 4.69) is 0 Å². The number of alkyl halides is 3. The number of hydrogen-bond acceptors (Lipinski definition) is 5.